The number of carboxylic acid groups (broad SMARTS) is 1. The van der Waals surface area contributed by atoms with E-state index in [2.05, 4.69) is 9.97 Å². The first kappa shape index (κ1) is 33.6. The summed E-state index contributed by atoms with van der Waals surface area (Å²) in [6.45, 7) is 1.31. The van der Waals surface area contributed by atoms with Crippen LogP contribution in [0.2, 0.25) is 10.0 Å². The number of hydrogen-bond acceptors (Lipinski definition) is 8. The SMILES string of the molecule is COc1ccc(CN(Cc2ccc(OC)cc2)c2cc(Cl)cc(-c3c(Cl)cc4c(N5C6CCC5CN(C(=O)O)C6)nc(F)nc4c3F)n2)cc1. The van der Waals surface area contributed by atoms with E-state index < -0.39 is 18.0 Å². The maximum absolute atomic E-state index is 16.7. The average Bonchev–Trinajstić information content (AvgIpc) is 3.36. The van der Waals surface area contributed by atoms with Gasteiger partial charge in [0, 0.05) is 48.7 Å². The van der Waals surface area contributed by atoms with E-state index in [0.717, 1.165) is 22.6 Å². The third-order valence-electron chi connectivity index (χ3n) is 9.25. The standard InChI is InChI=1S/C36H32Cl2F2N6O4/c1-49-25-9-3-20(4-10-25)16-44(17-21-5-11-26(50-2)12-6-21)30-14-22(37)13-29(41-30)31-28(38)15-27-33(32(31)39)42-35(40)43-34(27)46-23-7-8-24(46)19-45(18-23)36(47)48/h3-6,9-15,23-24H,7-8,16-19H2,1-2H3,(H,47,48). The van der Waals surface area contributed by atoms with Crippen molar-refractivity contribution < 1.29 is 28.2 Å². The smallest absolute Gasteiger partial charge is 0.407 e. The molecule has 5 aromatic rings. The summed E-state index contributed by atoms with van der Waals surface area (Å²) in [5.41, 5.74) is 1.73. The molecule has 2 aliphatic heterocycles. The highest BCUT2D eigenvalue weighted by Gasteiger charge is 2.43. The second-order valence-corrected chi connectivity index (χ2v) is 13.2. The number of anilines is 2. The molecule has 1 N–H and O–H groups in total. The fourth-order valence-electron chi connectivity index (χ4n) is 6.88. The van der Waals surface area contributed by atoms with E-state index in [4.69, 9.17) is 37.7 Å². The average molecular weight is 722 g/mol. The predicted octanol–water partition coefficient (Wildman–Crippen LogP) is 7.83. The van der Waals surface area contributed by atoms with E-state index in [1.807, 2.05) is 58.3 Å². The molecule has 0 radical (unpaired) electrons. The zero-order chi connectivity index (χ0) is 35.1. The monoisotopic (exact) mass is 720 g/mol. The predicted molar refractivity (Wildman–Crippen MR) is 187 cm³/mol. The number of carbonyl (C=O) groups is 1. The third-order valence-corrected chi connectivity index (χ3v) is 9.77. The summed E-state index contributed by atoms with van der Waals surface area (Å²) in [6, 6.07) is 19.5. The number of methoxy groups -OCH3 is 2. The number of piperazine rings is 1. The normalized spacial score (nSPS) is 16.9. The van der Waals surface area contributed by atoms with Crippen molar-refractivity contribution in [2.45, 2.75) is 38.0 Å². The second-order valence-electron chi connectivity index (χ2n) is 12.3. The fourth-order valence-corrected chi connectivity index (χ4v) is 7.37. The van der Waals surface area contributed by atoms with E-state index in [9.17, 15) is 9.90 Å². The van der Waals surface area contributed by atoms with Crippen LogP contribution in [0.1, 0.15) is 24.0 Å². The number of aromatic nitrogens is 3. The van der Waals surface area contributed by atoms with Crippen molar-refractivity contribution in [2.24, 2.45) is 0 Å². The van der Waals surface area contributed by atoms with Gasteiger partial charge >= 0.3 is 12.2 Å². The Hall–Kier alpha value is -4.94. The number of pyridine rings is 1. The highest BCUT2D eigenvalue weighted by Crippen LogP contribution is 2.42. The van der Waals surface area contributed by atoms with Crippen LogP contribution in [-0.4, -0.2) is 70.4 Å². The summed E-state index contributed by atoms with van der Waals surface area (Å²) in [5, 5.41) is 10.1. The van der Waals surface area contributed by atoms with Gasteiger partial charge in [0.2, 0.25) is 0 Å². The first-order chi connectivity index (χ1) is 24.1. The van der Waals surface area contributed by atoms with Gasteiger partial charge in [0.15, 0.2) is 5.82 Å². The number of likely N-dealkylation sites (tertiary alicyclic amines) is 1. The van der Waals surface area contributed by atoms with Crippen LogP contribution in [0.25, 0.3) is 22.2 Å². The number of amides is 1. The van der Waals surface area contributed by atoms with Crippen LogP contribution in [0.5, 0.6) is 11.5 Å². The molecule has 2 saturated heterocycles. The van der Waals surface area contributed by atoms with E-state index in [1.54, 1.807) is 20.3 Å². The topological polar surface area (TPSA) is 104 Å². The molecule has 2 unspecified atom stereocenters. The van der Waals surface area contributed by atoms with E-state index in [-0.39, 0.29) is 63.2 Å². The van der Waals surface area contributed by atoms with Crippen molar-refractivity contribution in [1.29, 1.82) is 0 Å². The Kier molecular flexibility index (Phi) is 9.23. The van der Waals surface area contributed by atoms with Gasteiger partial charge in [0.05, 0.1) is 30.5 Å². The van der Waals surface area contributed by atoms with E-state index in [1.165, 1.54) is 17.0 Å². The Labute approximate surface area is 296 Å². The quantitative estimate of drug-likeness (QED) is 0.153. The minimum absolute atomic E-state index is 0.0144. The number of fused-ring (bicyclic) bond motifs is 3. The van der Waals surface area contributed by atoms with Crippen LogP contribution < -0.4 is 19.3 Å². The lowest BCUT2D eigenvalue weighted by Crippen LogP contribution is -2.55. The lowest BCUT2D eigenvalue weighted by Gasteiger charge is -2.40. The molecule has 2 bridgehead atoms. The molecule has 0 spiro atoms. The highest BCUT2D eigenvalue weighted by atomic mass is 35.5. The minimum Gasteiger partial charge on any atom is -0.497 e. The Bertz CT molecular complexity index is 2010. The first-order valence-electron chi connectivity index (χ1n) is 15.9. The molecular formula is C36H32Cl2F2N6O4. The molecule has 2 aromatic heterocycles. The summed E-state index contributed by atoms with van der Waals surface area (Å²) < 4.78 is 42.4. The van der Waals surface area contributed by atoms with E-state index in [0.29, 0.717) is 31.7 Å². The fraction of sp³-hybridized carbons (Fsp3) is 0.278. The number of nitrogens with zero attached hydrogens (tertiary/aromatic N) is 6. The summed E-state index contributed by atoms with van der Waals surface area (Å²) in [6.07, 6.45) is -0.743. The van der Waals surface area contributed by atoms with Gasteiger partial charge in [-0.2, -0.15) is 14.4 Å². The maximum atomic E-state index is 16.7. The molecule has 0 saturated carbocycles. The van der Waals surface area contributed by atoms with Gasteiger partial charge in [0.1, 0.15) is 28.7 Å². The van der Waals surface area contributed by atoms with Gasteiger partial charge in [-0.3, -0.25) is 0 Å². The highest BCUT2D eigenvalue weighted by molar-refractivity contribution is 6.35. The molecular weight excluding hydrogens is 689 g/mol. The van der Waals surface area contributed by atoms with Crippen molar-refractivity contribution in [3.63, 3.8) is 0 Å². The molecule has 2 aliphatic rings. The molecule has 2 fully saturated rings. The lowest BCUT2D eigenvalue weighted by molar-refractivity contribution is 0.133. The zero-order valence-corrected chi connectivity index (χ0v) is 28.6. The Morgan fingerprint density at radius 1 is 0.880 bits per heavy atom. The van der Waals surface area contributed by atoms with Gasteiger partial charge in [-0.25, -0.2) is 14.2 Å². The number of benzene rings is 3. The maximum Gasteiger partial charge on any atom is 0.407 e. The largest absolute Gasteiger partial charge is 0.497 e. The lowest BCUT2D eigenvalue weighted by atomic mass is 10.1. The number of hydrogen-bond donors (Lipinski definition) is 1. The molecule has 7 rings (SSSR count). The van der Waals surface area contributed by atoms with Gasteiger partial charge in [0.25, 0.3) is 0 Å². The van der Waals surface area contributed by atoms with Crippen LogP contribution in [0.15, 0.2) is 66.7 Å². The van der Waals surface area contributed by atoms with Crippen LogP contribution in [-0.2, 0) is 13.1 Å². The number of ether oxygens (including phenoxy) is 2. The molecule has 50 heavy (non-hydrogen) atoms. The van der Waals surface area contributed by atoms with Crippen LogP contribution in [0.3, 0.4) is 0 Å². The summed E-state index contributed by atoms with van der Waals surface area (Å²) in [5.74, 6) is 1.21. The van der Waals surface area contributed by atoms with Crippen LogP contribution in [0.4, 0.5) is 25.2 Å². The molecule has 1 amide bonds. The first-order valence-corrected chi connectivity index (χ1v) is 16.7. The molecule has 4 heterocycles. The van der Waals surface area contributed by atoms with Crippen molar-refractivity contribution in [1.82, 2.24) is 19.9 Å². The van der Waals surface area contributed by atoms with Crippen molar-refractivity contribution in [3.05, 3.63) is 99.8 Å². The Morgan fingerprint density at radius 2 is 1.46 bits per heavy atom. The Balaban J connectivity index is 1.29. The minimum atomic E-state index is -1.11. The Morgan fingerprint density at radius 3 is 2.00 bits per heavy atom. The second kappa shape index (κ2) is 13.8. The van der Waals surface area contributed by atoms with Gasteiger partial charge in [-0.05, 0) is 66.4 Å². The molecule has 2 atom stereocenters. The molecule has 258 valence electrons. The third kappa shape index (κ3) is 6.52. The van der Waals surface area contributed by atoms with Crippen molar-refractivity contribution in [3.8, 4) is 22.8 Å². The van der Waals surface area contributed by atoms with E-state index >= 15 is 8.78 Å². The van der Waals surface area contributed by atoms with Gasteiger partial charge in [-0.15, -0.1) is 0 Å². The molecule has 0 aliphatic carbocycles. The zero-order valence-electron chi connectivity index (χ0n) is 27.1. The van der Waals surface area contributed by atoms with Gasteiger partial charge < -0.3 is 29.3 Å². The van der Waals surface area contributed by atoms with Gasteiger partial charge in [-0.1, -0.05) is 47.5 Å². The summed E-state index contributed by atoms with van der Waals surface area (Å²) >= 11 is 13.5. The van der Waals surface area contributed by atoms with Crippen LogP contribution in [0, 0.1) is 11.9 Å². The summed E-state index contributed by atoms with van der Waals surface area (Å²) in [4.78, 5) is 29.7. The molecule has 3 aromatic carbocycles. The molecule has 14 heteroatoms. The van der Waals surface area contributed by atoms with Crippen molar-refractivity contribution in [2.75, 3.05) is 37.1 Å². The number of halogens is 4. The molecule has 10 nitrogen and oxygen atoms in total. The number of rotatable bonds is 9. The van der Waals surface area contributed by atoms with Crippen molar-refractivity contribution >= 4 is 51.8 Å². The van der Waals surface area contributed by atoms with Crippen LogP contribution >= 0.6 is 23.2 Å². The summed E-state index contributed by atoms with van der Waals surface area (Å²) in [7, 11) is 3.21.